The summed E-state index contributed by atoms with van der Waals surface area (Å²) >= 11 is 11.8. The molecule has 2 aromatic rings. The highest BCUT2D eigenvalue weighted by atomic mass is 35.5. The number of carbonyl (C=O) groups is 4. The maximum Gasteiger partial charge on any atom is 0.338 e. The van der Waals surface area contributed by atoms with E-state index in [1.807, 2.05) is 12.2 Å². The third-order valence-electron chi connectivity index (χ3n) is 5.39. The Morgan fingerprint density at radius 3 is 2.34 bits per heavy atom. The molecule has 164 valence electrons. The summed E-state index contributed by atoms with van der Waals surface area (Å²) in [6.45, 7) is -0.542. The van der Waals surface area contributed by atoms with Crippen LogP contribution in [0.2, 0.25) is 10.0 Å². The molecule has 2 aromatic carbocycles. The van der Waals surface area contributed by atoms with E-state index in [2.05, 4.69) is 5.32 Å². The average molecular weight is 473 g/mol. The van der Waals surface area contributed by atoms with Gasteiger partial charge in [0.15, 0.2) is 6.61 Å². The number of halogens is 2. The van der Waals surface area contributed by atoms with E-state index in [0.717, 1.165) is 4.90 Å². The largest absolute Gasteiger partial charge is 0.452 e. The Hall–Kier alpha value is -3.16. The molecule has 0 bridgehead atoms. The van der Waals surface area contributed by atoms with E-state index < -0.39 is 18.5 Å². The number of hydrogen-bond donors (Lipinski definition) is 1. The first-order chi connectivity index (χ1) is 15.3. The van der Waals surface area contributed by atoms with E-state index >= 15 is 0 Å². The molecule has 0 saturated carbocycles. The lowest BCUT2D eigenvalue weighted by Gasteiger charge is -2.15. The molecule has 0 spiro atoms. The smallest absolute Gasteiger partial charge is 0.338 e. The van der Waals surface area contributed by atoms with Crippen LogP contribution in [0.25, 0.3) is 0 Å². The Balaban J connectivity index is 1.41. The zero-order valence-corrected chi connectivity index (χ0v) is 18.2. The SMILES string of the molecule is O=C(COC(=O)c1cccc(N2C(=O)[C@H]3CC=CC[C@H]3C2=O)c1)Nc1ccc(Cl)cc1Cl. The first-order valence-electron chi connectivity index (χ1n) is 9.90. The maximum atomic E-state index is 12.8. The molecule has 1 aliphatic heterocycles. The molecule has 1 aliphatic carbocycles. The van der Waals surface area contributed by atoms with Crippen LogP contribution >= 0.6 is 23.2 Å². The zero-order chi connectivity index (χ0) is 22.8. The van der Waals surface area contributed by atoms with Gasteiger partial charge in [0.1, 0.15) is 0 Å². The topological polar surface area (TPSA) is 92.8 Å². The van der Waals surface area contributed by atoms with Gasteiger partial charge in [-0.2, -0.15) is 0 Å². The van der Waals surface area contributed by atoms with Crippen LogP contribution in [0.15, 0.2) is 54.6 Å². The first-order valence-corrected chi connectivity index (χ1v) is 10.7. The van der Waals surface area contributed by atoms with Crippen LogP contribution in [-0.2, 0) is 19.1 Å². The van der Waals surface area contributed by atoms with Gasteiger partial charge < -0.3 is 10.1 Å². The van der Waals surface area contributed by atoms with Crippen LogP contribution in [0.4, 0.5) is 11.4 Å². The van der Waals surface area contributed by atoms with Crippen molar-refractivity contribution in [1.82, 2.24) is 0 Å². The van der Waals surface area contributed by atoms with E-state index in [1.165, 1.54) is 24.3 Å². The number of amides is 3. The van der Waals surface area contributed by atoms with Gasteiger partial charge in [-0.05, 0) is 49.2 Å². The molecule has 1 fully saturated rings. The Labute approximate surface area is 193 Å². The third kappa shape index (κ3) is 4.40. The highest BCUT2D eigenvalue weighted by Crippen LogP contribution is 2.37. The summed E-state index contributed by atoms with van der Waals surface area (Å²) in [7, 11) is 0. The number of hydrogen-bond acceptors (Lipinski definition) is 5. The number of carbonyl (C=O) groups excluding carboxylic acids is 4. The number of esters is 1. The van der Waals surface area contributed by atoms with Gasteiger partial charge in [-0.15, -0.1) is 0 Å². The predicted molar refractivity (Wildman–Crippen MR) is 120 cm³/mol. The van der Waals surface area contributed by atoms with Crippen molar-refractivity contribution in [3.63, 3.8) is 0 Å². The summed E-state index contributed by atoms with van der Waals surface area (Å²) in [5, 5.41) is 3.20. The number of rotatable bonds is 5. The Kier molecular flexibility index (Phi) is 6.30. The van der Waals surface area contributed by atoms with Crippen LogP contribution in [0, 0.1) is 11.8 Å². The predicted octanol–water partition coefficient (Wildman–Crippen LogP) is 4.24. The molecule has 4 rings (SSSR count). The van der Waals surface area contributed by atoms with Gasteiger partial charge in [-0.3, -0.25) is 19.3 Å². The number of fused-ring (bicyclic) bond motifs is 1. The van der Waals surface area contributed by atoms with Gasteiger partial charge >= 0.3 is 5.97 Å². The third-order valence-corrected chi connectivity index (χ3v) is 5.94. The zero-order valence-electron chi connectivity index (χ0n) is 16.7. The van der Waals surface area contributed by atoms with Crippen molar-refractivity contribution in [3.8, 4) is 0 Å². The Morgan fingerprint density at radius 2 is 1.69 bits per heavy atom. The van der Waals surface area contributed by atoms with Gasteiger partial charge in [0.25, 0.3) is 5.91 Å². The number of ether oxygens (including phenoxy) is 1. The molecule has 0 aromatic heterocycles. The van der Waals surface area contributed by atoms with Crippen LogP contribution in [0.1, 0.15) is 23.2 Å². The van der Waals surface area contributed by atoms with E-state index in [9.17, 15) is 19.2 Å². The first kappa shape index (κ1) is 22.0. The molecule has 3 amide bonds. The van der Waals surface area contributed by atoms with Crippen molar-refractivity contribution in [1.29, 1.82) is 0 Å². The molecule has 0 radical (unpaired) electrons. The minimum Gasteiger partial charge on any atom is -0.452 e. The number of benzene rings is 2. The quantitative estimate of drug-likeness (QED) is 0.398. The van der Waals surface area contributed by atoms with Gasteiger partial charge in [0, 0.05) is 5.02 Å². The van der Waals surface area contributed by atoms with Crippen molar-refractivity contribution in [2.45, 2.75) is 12.8 Å². The highest BCUT2D eigenvalue weighted by molar-refractivity contribution is 6.36. The summed E-state index contributed by atoms with van der Waals surface area (Å²) in [6, 6.07) is 10.6. The van der Waals surface area contributed by atoms with Gasteiger partial charge in [-0.25, -0.2) is 4.79 Å². The van der Waals surface area contributed by atoms with Crippen LogP contribution < -0.4 is 10.2 Å². The number of nitrogens with one attached hydrogen (secondary N) is 1. The van der Waals surface area contributed by atoms with E-state index in [-0.39, 0.29) is 34.2 Å². The molecule has 1 saturated heterocycles. The molecule has 1 N–H and O–H groups in total. The second-order valence-electron chi connectivity index (χ2n) is 7.47. The molecule has 32 heavy (non-hydrogen) atoms. The molecule has 9 heteroatoms. The molecular weight excluding hydrogens is 455 g/mol. The van der Waals surface area contributed by atoms with Crippen molar-refractivity contribution in [2.24, 2.45) is 11.8 Å². The fourth-order valence-electron chi connectivity index (χ4n) is 3.82. The molecule has 0 unspecified atom stereocenters. The summed E-state index contributed by atoms with van der Waals surface area (Å²) in [5.41, 5.74) is 0.760. The van der Waals surface area contributed by atoms with E-state index in [4.69, 9.17) is 27.9 Å². The van der Waals surface area contributed by atoms with Crippen LogP contribution in [-0.4, -0.2) is 30.3 Å². The molecule has 7 nitrogen and oxygen atoms in total. The second-order valence-corrected chi connectivity index (χ2v) is 8.31. The van der Waals surface area contributed by atoms with Crippen molar-refractivity contribution in [3.05, 3.63) is 70.2 Å². The lowest BCUT2D eigenvalue weighted by Crippen LogP contribution is -2.31. The Morgan fingerprint density at radius 1 is 1.00 bits per heavy atom. The fourth-order valence-corrected chi connectivity index (χ4v) is 4.27. The maximum absolute atomic E-state index is 12.8. The normalized spacial score (nSPS) is 19.6. The van der Waals surface area contributed by atoms with Crippen LogP contribution in [0.3, 0.4) is 0 Å². The Bertz CT molecular complexity index is 1120. The molecular formula is C23H18Cl2N2O5. The monoisotopic (exact) mass is 472 g/mol. The van der Waals surface area contributed by atoms with E-state index in [1.54, 1.807) is 18.2 Å². The number of anilines is 2. The summed E-state index contributed by atoms with van der Waals surface area (Å²) in [4.78, 5) is 51.2. The average Bonchev–Trinajstić information content (AvgIpc) is 3.04. The van der Waals surface area contributed by atoms with Gasteiger partial charge in [-0.1, -0.05) is 41.4 Å². The number of nitrogens with zero attached hydrogens (tertiary/aromatic N) is 1. The van der Waals surface area contributed by atoms with E-state index in [0.29, 0.717) is 29.2 Å². The number of allylic oxidation sites excluding steroid dienone is 2. The van der Waals surface area contributed by atoms with Crippen molar-refractivity contribution >= 4 is 58.3 Å². The lowest BCUT2D eigenvalue weighted by atomic mass is 9.85. The van der Waals surface area contributed by atoms with Crippen LogP contribution in [0.5, 0.6) is 0 Å². The minimum atomic E-state index is -0.762. The molecule has 2 aliphatic rings. The molecule has 2 atom stereocenters. The second kappa shape index (κ2) is 9.14. The van der Waals surface area contributed by atoms with Crippen molar-refractivity contribution < 1.29 is 23.9 Å². The highest BCUT2D eigenvalue weighted by Gasteiger charge is 2.47. The van der Waals surface area contributed by atoms with Gasteiger partial charge in [0.05, 0.1) is 33.8 Å². The standard InChI is InChI=1S/C23H18Cl2N2O5/c24-14-8-9-19(18(25)11-14)26-20(28)12-32-23(31)13-4-3-5-15(10-13)27-21(29)16-6-1-2-7-17(16)22(27)30/h1-5,8-11,16-17H,6-7,12H2,(H,26,28)/t16-,17+. The lowest BCUT2D eigenvalue weighted by molar-refractivity contribution is -0.122. The summed E-state index contributed by atoms with van der Waals surface area (Å²) in [5.74, 6) is -2.62. The van der Waals surface area contributed by atoms with Crippen molar-refractivity contribution in [2.75, 3.05) is 16.8 Å². The minimum absolute atomic E-state index is 0.119. The summed E-state index contributed by atoms with van der Waals surface area (Å²) < 4.78 is 5.07. The molecule has 1 heterocycles. The summed E-state index contributed by atoms with van der Waals surface area (Å²) in [6.07, 6.45) is 4.87. The number of imide groups is 1. The van der Waals surface area contributed by atoms with Gasteiger partial charge in [0.2, 0.25) is 11.8 Å². The fraction of sp³-hybridized carbons (Fsp3) is 0.217.